The largest absolute Gasteiger partial charge is 0.466 e. The van der Waals surface area contributed by atoms with E-state index in [0.29, 0.717) is 5.56 Å². The average molecular weight is 288 g/mol. The summed E-state index contributed by atoms with van der Waals surface area (Å²) in [7, 11) is 1.21. The Balaban J connectivity index is 2.21. The van der Waals surface area contributed by atoms with Crippen molar-refractivity contribution in [2.24, 2.45) is 0 Å². The number of esters is 2. The number of benzene rings is 2. The maximum atomic E-state index is 12.8. The van der Waals surface area contributed by atoms with E-state index in [1.54, 1.807) is 30.3 Å². The van der Waals surface area contributed by atoms with Crippen molar-refractivity contribution in [3.05, 3.63) is 71.5 Å². The number of ether oxygens (including phenoxy) is 2. The minimum absolute atomic E-state index is 0.154. The molecule has 2 aromatic carbocycles. The van der Waals surface area contributed by atoms with Gasteiger partial charge >= 0.3 is 11.9 Å². The molecule has 0 fully saturated rings. The van der Waals surface area contributed by atoms with E-state index in [1.807, 2.05) is 0 Å². The molecule has 1 atom stereocenters. The summed E-state index contributed by atoms with van der Waals surface area (Å²) >= 11 is 0. The Morgan fingerprint density at radius 1 is 1.00 bits per heavy atom. The highest BCUT2D eigenvalue weighted by Crippen LogP contribution is 2.20. The zero-order valence-corrected chi connectivity index (χ0v) is 11.3. The summed E-state index contributed by atoms with van der Waals surface area (Å²) in [6, 6.07) is 13.4. The molecule has 0 aliphatic carbocycles. The molecule has 0 amide bonds. The number of rotatable bonds is 4. The summed E-state index contributed by atoms with van der Waals surface area (Å²) in [5, 5.41) is 0. The monoisotopic (exact) mass is 288 g/mol. The van der Waals surface area contributed by atoms with Gasteiger partial charge in [0.25, 0.3) is 0 Å². The highest BCUT2D eigenvalue weighted by atomic mass is 19.1. The molecule has 0 spiro atoms. The van der Waals surface area contributed by atoms with E-state index in [-0.39, 0.29) is 5.56 Å². The van der Waals surface area contributed by atoms with Gasteiger partial charge in [-0.15, -0.1) is 0 Å². The third-order valence-corrected chi connectivity index (χ3v) is 2.82. The predicted octanol–water partition coefficient (Wildman–Crippen LogP) is 2.90. The molecule has 1 unspecified atom stereocenters. The van der Waals surface area contributed by atoms with E-state index in [4.69, 9.17) is 4.74 Å². The fourth-order valence-electron chi connectivity index (χ4n) is 1.75. The van der Waals surface area contributed by atoms with Crippen LogP contribution in [-0.2, 0) is 14.3 Å². The lowest BCUT2D eigenvalue weighted by Gasteiger charge is -2.16. The van der Waals surface area contributed by atoms with Crippen molar-refractivity contribution < 1.29 is 23.5 Å². The van der Waals surface area contributed by atoms with Crippen LogP contribution in [0.1, 0.15) is 22.0 Å². The van der Waals surface area contributed by atoms with E-state index in [9.17, 15) is 14.0 Å². The fraction of sp³-hybridized carbons (Fsp3) is 0.125. The van der Waals surface area contributed by atoms with Crippen LogP contribution in [0.5, 0.6) is 0 Å². The molecule has 0 radical (unpaired) electrons. The Hall–Kier alpha value is -2.69. The maximum absolute atomic E-state index is 12.8. The molecule has 0 saturated heterocycles. The lowest BCUT2D eigenvalue weighted by atomic mass is 10.1. The summed E-state index contributed by atoms with van der Waals surface area (Å²) in [4.78, 5) is 23.8. The second-order valence-corrected chi connectivity index (χ2v) is 4.23. The first-order valence-corrected chi connectivity index (χ1v) is 6.21. The second kappa shape index (κ2) is 6.65. The normalized spacial score (nSPS) is 11.5. The number of methoxy groups -OCH3 is 1. The van der Waals surface area contributed by atoms with Gasteiger partial charge < -0.3 is 9.47 Å². The Labute approximate surface area is 121 Å². The van der Waals surface area contributed by atoms with E-state index < -0.39 is 23.9 Å². The van der Waals surface area contributed by atoms with E-state index in [2.05, 4.69) is 4.74 Å². The van der Waals surface area contributed by atoms with Gasteiger partial charge in [0.1, 0.15) is 5.82 Å². The molecule has 0 aliphatic heterocycles. The summed E-state index contributed by atoms with van der Waals surface area (Å²) in [6.45, 7) is 0. The molecule has 0 saturated carbocycles. The van der Waals surface area contributed by atoms with Gasteiger partial charge in [0, 0.05) is 5.56 Å². The molecule has 0 aromatic heterocycles. The van der Waals surface area contributed by atoms with Crippen LogP contribution >= 0.6 is 0 Å². The van der Waals surface area contributed by atoms with Crippen LogP contribution in [0.25, 0.3) is 0 Å². The van der Waals surface area contributed by atoms with E-state index >= 15 is 0 Å². The zero-order valence-electron chi connectivity index (χ0n) is 11.3. The van der Waals surface area contributed by atoms with Crippen molar-refractivity contribution in [3.63, 3.8) is 0 Å². The molecule has 0 aliphatic rings. The zero-order chi connectivity index (χ0) is 15.2. The van der Waals surface area contributed by atoms with Gasteiger partial charge in [-0.2, -0.15) is 0 Å². The van der Waals surface area contributed by atoms with Gasteiger partial charge in [0.2, 0.25) is 6.10 Å². The number of hydrogen-bond donors (Lipinski definition) is 0. The smallest absolute Gasteiger partial charge is 0.351 e. The lowest BCUT2D eigenvalue weighted by Crippen LogP contribution is -2.21. The van der Waals surface area contributed by atoms with Gasteiger partial charge in [-0.05, 0) is 24.3 Å². The van der Waals surface area contributed by atoms with E-state index in [0.717, 1.165) is 12.1 Å². The molecule has 0 heterocycles. The standard InChI is InChI=1S/C16H13FO4/c1-20-16(19)14(11-5-3-2-4-6-11)21-15(18)12-7-9-13(17)10-8-12/h2-10,14H,1H3. The first-order valence-electron chi connectivity index (χ1n) is 6.21. The van der Waals surface area contributed by atoms with Crippen LogP contribution in [0.3, 0.4) is 0 Å². The highest BCUT2D eigenvalue weighted by molar-refractivity contribution is 5.91. The molecule has 0 bridgehead atoms. The third-order valence-electron chi connectivity index (χ3n) is 2.82. The molecule has 108 valence electrons. The third kappa shape index (κ3) is 3.66. The van der Waals surface area contributed by atoms with Crippen LogP contribution in [-0.4, -0.2) is 19.0 Å². The molecular formula is C16H13FO4. The summed E-state index contributed by atoms with van der Waals surface area (Å²) in [6.07, 6.45) is -1.16. The number of hydrogen-bond acceptors (Lipinski definition) is 4. The van der Waals surface area contributed by atoms with Crippen molar-refractivity contribution >= 4 is 11.9 Å². The van der Waals surface area contributed by atoms with Crippen LogP contribution < -0.4 is 0 Å². The van der Waals surface area contributed by atoms with Crippen molar-refractivity contribution in [2.75, 3.05) is 7.11 Å². The van der Waals surface area contributed by atoms with Crippen molar-refractivity contribution in [1.82, 2.24) is 0 Å². The van der Waals surface area contributed by atoms with Crippen molar-refractivity contribution in [3.8, 4) is 0 Å². The Morgan fingerprint density at radius 2 is 1.62 bits per heavy atom. The minimum atomic E-state index is -1.16. The first kappa shape index (κ1) is 14.7. The van der Waals surface area contributed by atoms with Gasteiger partial charge in [-0.1, -0.05) is 30.3 Å². The number of halogens is 1. The molecular weight excluding hydrogens is 275 g/mol. The summed E-state index contributed by atoms with van der Waals surface area (Å²) < 4.78 is 22.7. The van der Waals surface area contributed by atoms with Crippen LogP contribution in [0.4, 0.5) is 4.39 Å². The summed E-state index contributed by atoms with van der Waals surface area (Å²) in [5.74, 6) is -1.87. The maximum Gasteiger partial charge on any atom is 0.351 e. The van der Waals surface area contributed by atoms with Gasteiger partial charge in [0.05, 0.1) is 12.7 Å². The first-order chi connectivity index (χ1) is 10.1. The lowest BCUT2D eigenvalue weighted by molar-refractivity contribution is -0.151. The van der Waals surface area contributed by atoms with Crippen molar-refractivity contribution in [1.29, 1.82) is 0 Å². The van der Waals surface area contributed by atoms with Gasteiger partial charge in [-0.3, -0.25) is 0 Å². The molecule has 2 rings (SSSR count). The Morgan fingerprint density at radius 3 is 2.19 bits per heavy atom. The number of carbonyl (C=O) groups is 2. The Kier molecular flexibility index (Phi) is 4.66. The minimum Gasteiger partial charge on any atom is -0.466 e. The summed E-state index contributed by atoms with van der Waals surface area (Å²) in [5.41, 5.74) is 0.654. The topological polar surface area (TPSA) is 52.6 Å². The van der Waals surface area contributed by atoms with Crippen molar-refractivity contribution in [2.45, 2.75) is 6.10 Å². The molecule has 4 nitrogen and oxygen atoms in total. The van der Waals surface area contributed by atoms with E-state index in [1.165, 1.54) is 19.2 Å². The highest BCUT2D eigenvalue weighted by Gasteiger charge is 2.26. The second-order valence-electron chi connectivity index (χ2n) is 4.23. The molecule has 2 aromatic rings. The number of carbonyl (C=O) groups excluding carboxylic acids is 2. The predicted molar refractivity (Wildman–Crippen MR) is 73.0 cm³/mol. The van der Waals surface area contributed by atoms with Gasteiger partial charge in [0.15, 0.2) is 0 Å². The van der Waals surface area contributed by atoms with Crippen LogP contribution in [0, 0.1) is 5.82 Å². The molecule has 0 N–H and O–H groups in total. The van der Waals surface area contributed by atoms with Gasteiger partial charge in [-0.25, -0.2) is 14.0 Å². The average Bonchev–Trinajstić information content (AvgIpc) is 2.53. The molecule has 5 heteroatoms. The Bertz CT molecular complexity index is 622. The van der Waals surface area contributed by atoms with Crippen LogP contribution in [0.2, 0.25) is 0 Å². The molecule has 21 heavy (non-hydrogen) atoms. The fourth-order valence-corrected chi connectivity index (χ4v) is 1.75. The van der Waals surface area contributed by atoms with Crippen LogP contribution in [0.15, 0.2) is 54.6 Å². The quantitative estimate of drug-likeness (QED) is 0.812. The SMILES string of the molecule is COC(=O)C(OC(=O)c1ccc(F)cc1)c1ccccc1.